The van der Waals surface area contributed by atoms with Crippen LogP contribution in [-0.4, -0.2) is 66.6 Å². The molecular weight excluding hydrogens is 709 g/mol. The molecule has 3 amide bonds. The van der Waals surface area contributed by atoms with Crippen LogP contribution in [-0.2, 0) is 27.9 Å². The molecule has 0 saturated carbocycles. The first-order valence-corrected chi connectivity index (χ1v) is 18.5. The molecule has 0 fully saturated rings. The monoisotopic (exact) mass is 748 g/mol. The number of halogens is 3. The highest BCUT2D eigenvalue weighted by Crippen LogP contribution is 2.48. The second kappa shape index (κ2) is 17.8. The van der Waals surface area contributed by atoms with E-state index < -0.39 is 72.1 Å². The van der Waals surface area contributed by atoms with E-state index in [-0.39, 0.29) is 32.1 Å². The molecule has 3 aromatic rings. The Balaban J connectivity index is 1.81. The SMILES string of the molecule is CCOP(=O)(CC(=O)N(CCC(=O)c1c(F)ccc(Cl)c1F)[C@H]1CCC[C@@H](C)C(=O)Nc2cc(NC(=O)OC)ccc2-c2ccnc1c2)OCC. The number of carbonyl (C=O) groups is 4. The lowest BCUT2D eigenvalue weighted by Crippen LogP contribution is -2.39. The van der Waals surface area contributed by atoms with Gasteiger partial charge < -0.3 is 24.0 Å². The zero-order chi connectivity index (χ0) is 37.3. The summed E-state index contributed by atoms with van der Waals surface area (Å²) in [5, 5.41) is 5.10. The zero-order valence-electron chi connectivity index (χ0n) is 28.7. The highest BCUT2D eigenvalue weighted by atomic mass is 35.5. The number of hydrogen-bond donors (Lipinski definition) is 2. The van der Waals surface area contributed by atoms with Gasteiger partial charge in [-0.25, -0.2) is 13.6 Å². The standard InChI is InChI=1S/C35H40ClF2N4O8P/c1-5-49-51(47,50-6-2)20-31(44)42(17-15-30(43)32-26(37)13-12-25(36)33(32)38)29-9-7-8-21(3)34(45)41-27-19-23(40-35(46)48-4)10-11-24(27)22-14-16-39-28(29)18-22/h10-14,16,18-19,21,29H,5-9,15,17,20H2,1-4H3,(H,40,46)(H,41,45)/t21-,29+/m1/s1. The Hall–Kier alpha value is -4.23. The number of benzene rings is 2. The number of carbonyl (C=O) groups excluding carboxylic acids is 4. The summed E-state index contributed by atoms with van der Waals surface area (Å²) in [4.78, 5) is 58.5. The van der Waals surface area contributed by atoms with Gasteiger partial charge >= 0.3 is 13.7 Å². The number of pyridine rings is 1. The fourth-order valence-corrected chi connectivity index (χ4v) is 7.49. The number of ketones is 1. The van der Waals surface area contributed by atoms with Gasteiger partial charge in [-0.1, -0.05) is 31.0 Å². The average Bonchev–Trinajstić information content (AvgIpc) is 3.09. The van der Waals surface area contributed by atoms with E-state index in [1.807, 2.05) is 0 Å². The summed E-state index contributed by atoms with van der Waals surface area (Å²) in [5.41, 5.74) is 1.51. The Kier molecular flexibility index (Phi) is 13.8. The summed E-state index contributed by atoms with van der Waals surface area (Å²) < 4.78 is 58.5. The molecule has 274 valence electrons. The highest BCUT2D eigenvalue weighted by Gasteiger charge is 2.35. The van der Waals surface area contributed by atoms with E-state index in [0.717, 1.165) is 12.1 Å². The van der Waals surface area contributed by atoms with Crippen molar-refractivity contribution in [2.24, 2.45) is 5.92 Å². The smallest absolute Gasteiger partial charge is 0.411 e. The van der Waals surface area contributed by atoms with E-state index >= 15 is 0 Å². The van der Waals surface area contributed by atoms with E-state index in [4.69, 9.17) is 25.4 Å². The Bertz CT molecular complexity index is 1820. The van der Waals surface area contributed by atoms with Gasteiger partial charge in [0.1, 0.15) is 12.0 Å². The topological polar surface area (TPSA) is 153 Å². The van der Waals surface area contributed by atoms with Crippen LogP contribution >= 0.6 is 19.2 Å². The number of nitrogens with zero attached hydrogens (tertiary/aromatic N) is 2. The van der Waals surface area contributed by atoms with Crippen molar-refractivity contribution in [3.63, 3.8) is 0 Å². The Labute approximate surface area is 299 Å². The van der Waals surface area contributed by atoms with Crippen LogP contribution in [0.5, 0.6) is 0 Å². The molecule has 12 nitrogen and oxygen atoms in total. The maximum atomic E-state index is 14.8. The fourth-order valence-electron chi connectivity index (χ4n) is 5.77. The molecule has 2 aromatic carbocycles. The van der Waals surface area contributed by atoms with Crippen molar-refractivity contribution in [3.8, 4) is 11.1 Å². The largest absolute Gasteiger partial charge is 0.453 e. The fraction of sp³-hybridized carbons (Fsp3) is 0.400. The molecule has 1 aromatic heterocycles. The molecule has 0 saturated heterocycles. The van der Waals surface area contributed by atoms with Gasteiger partial charge in [0, 0.05) is 36.3 Å². The molecule has 0 aliphatic carbocycles. The number of rotatable bonds is 12. The van der Waals surface area contributed by atoms with Gasteiger partial charge in [-0.2, -0.15) is 0 Å². The lowest BCUT2D eigenvalue weighted by atomic mass is 9.94. The zero-order valence-corrected chi connectivity index (χ0v) is 30.3. The Morgan fingerprint density at radius 2 is 1.80 bits per heavy atom. The number of methoxy groups -OCH3 is 1. The molecule has 2 heterocycles. The van der Waals surface area contributed by atoms with Crippen molar-refractivity contribution >= 4 is 54.3 Å². The normalized spacial score (nSPS) is 16.2. The van der Waals surface area contributed by atoms with Crippen molar-refractivity contribution in [1.82, 2.24) is 9.88 Å². The molecule has 0 unspecified atom stereocenters. The summed E-state index contributed by atoms with van der Waals surface area (Å²) in [6, 6.07) is 9.38. The lowest BCUT2D eigenvalue weighted by Gasteiger charge is -2.33. The number of nitrogens with one attached hydrogen (secondary N) is 2. The van der Waals surface area contributed by atoms with Crippen molar-refractivity contribution < 1.29 is 46.3 Å². The molecule has 51 heavy (non-hydrogen) atoms. The van der Waals surface area contributed by atoms with Crippen LogP contribution in [0.25, 0.3) is 11.1 Å². The summed E-state index contributed by atoms with van der Waals surface area (Å²) in [5.74, 6) is -4.72. The van der Waals surface area contributed by atoms with E-state index in [0.29, 0.717) is 41.0 Å². The number of aromatic nitrogens is 1. The van der Waals surface area contributed by atoms with E-state index in [9.17, 15) is 32.5 Å². The number of amides is 3. The third kappa shape index (κ3) is 9.97. The molecular formula is C35H40ClF2N4O8P. The minimum absolute atomic E-state index is 0.000379. The molecule has 0 radical (unpaired) electrons. The van der Waals surface area contributed by atoms with Crippen LogP contribution in [0.4, 0.5) is 25.0 Å². The predicted molar refractivity (Wildman–Crippen MR) is 188 cm³/mol. The van der Waals surface area contributed by atoms with Crippen LogP contribution in [0, 0.1) is 17.6 Å². The van der Waals surface area contributed by atoms with Crippen molar-refractivity contribution in [3.05, 3.63) is 76.6 Å². The molecule has 0 spiro atoms. The number of fused-ring (bicyclic) bond motifs is 4. The number of anilines is 2. The number of Topliss-reactive ketones (excluding diaryl/α,β-unsaturated/α-hetero) is 1. The van der Waals surface area contributed by atoms with Crippen LogP contribution in [0.1, 0.15) is 68.5 Å². The van der Waals surface area contributed by atoms with Gasteiger partial charge in [0.2, 0.25) is 11.8 Å². The van der Waals surface area contributed by atoms with Gasteiger partial charge in [-0.3, -0.25) is 29.2 Å². The quantitative estimate of drug-likeness (QED) is 0.107. The van der Waals surface area contributed by atoms with Gasteiger partial charge in [-0.15, -0.1) is 0 Å². The third-order valence-electron chi connectivity index (χ3n) is 8.28. The van der Waals surface area contributed by atoms with Gasteiger partial charge in [0.05, 0.1) is 48.3 Å². The first-order valence-electron chi connectivity index (χ1n) is 16.4. The van der Waals surface area contributed by atoms with E-state index in [1.54, 1.807) is 51.1 Å². The highest BCUT2D eigenvalue weighted by molar-refractivity contribution is 7.54. The summed E-state index contributed by atoms with van der Waals surface area (Å²) in [6.07, 6.45) is 0.695. The molecule has 4 rings (SSSR count). The minimum atomic E-state index is -3.94. The van der Waals surface area contributed by atoms with Gasteiger partial charge in [0.25, 0.3) is 0 Å². The van der Waals surface area contributed by atoms with Crippen LogP contribution in [0.15, 0.2) is 48.7 Å². The molecule has 16 heteroatoms. The number of hydrogen-bond acceptors (Lipinski definition) is 9. The molecule has 2 atom stereocenters. The van der Waals surface area contributed by atoms with E-state index in [2.05, 4.69) is 15.6 Å². The Morgan fingerprint density at radius 3 is 2.49 bits per heavy atom. The first kappa shape index (κ1) is 39.6. The second-order valence-electron chi connectivity index (χ2n) is 11.8. The van der Waals surface area contributed by atoms with Crippen LogP contribution in [0.2, 0.25) is 5.02 Å². The molecule has 1 aliphatic heterocycles. The summed E-state index contributed by atoms with van der Waals surface area (Å²) in [6.45, 7) is 4.62. The maximum absolute atomic E-state index is 14.8. The molecule has 2 bridgehead atoms. The predicted octanol–water partition coefficient (Wildman–Crippen LogP) is 8.03. The second-order valence-corrected chi connectivity index (χ2v) is 14.2. The number of ether oxygens (including phenoxy) is 1. The van der Waals surface area contributed by atoms with Crippen LogP contribution in [0.3, 0.4) is 0 Å². The van der Waals surface area contributed by atoms with Crippen molar-refractivity contribution in [2.75, 3.05) is 43.7 Å². The van der Waals surface area contributed by atoms with Gasteiger partial charge in [0.15, 0.2) is 11.6 Å². The minimum Gasteiger partial charge on any atom is -0.453 e. The summed E-state index contributed by atoms with van der Waals surface area (Å²) in [7, 11) is -2.71. The van der Waals surface area contributed by atoms with Crippen molar-refractivity contribution in [1.29, 1.82) is 0 Å². The molecule has 2 N–H and O–H groups in total. The van der Waals surface area contributed by atoms with Gasteiger partial charge in [-0.05, 0) is 68.7 Å². The first-order chi connectivity index (χ1) is 24.3. The van der Waals surface area contributed by atoms with Crippen molar-refractivity contribution in [2.45, 2.75) is 52.5 Å². The third-order valence-corrected chi connectivity index (χ3v) is 10.5. The average molecular weight is 749 g/mol. The summed E-state index contributed by atoms with van der Waals surface area (Å²) >= 11 is 5.84. The lowest BCUT2D eigenvalue weighted by molar-refractivity contribution is -0.131. The molecule has 1 aliphatic rings. The maximum Gasteiger partial charge on any atom is 0.411 e. The van der Waals surface area contributed by atoms with E-state index in [1.165, 1.54) is 18.2 Å². The Morgan fingerprint density at radius 1 is 1.08 bits per heavy atom. The van der Waals surface area contributed by atoms with Crippen LogP contribution < -0.4 is 10.6 Å².